The Hall–Kier alpha value is -2.58. The number of thiophene rings is 1. The van der Waals surface area contributed by atoms with Gasteiger partial charge in [0.25, 0.3) is 5.91 Å². The first kappa shape index (κ1) is 26.0. The first-order valence-corrected chi connectivity index (χ1v) is 12.9. The van der Waals surface area contributed by atoms with Gasteiger partial charge in [0.15, 0.2) is 5.11 Å². The first-order valence-electron chi connectivity index (χ1n) is 10.3. The predicted octanol–water partition coefficient (Wildman–Crippen LogP) is 2.37. The maximum absolute atomic E-state index is 12.9. The molecule has 0 atom stereocenters. The summed E-state index contributed by atoms with van der Waals surface area (Å²) in [6.07, 6.45) is 0. The average molecular weight is 527 g/mol. The molecule has 184 valence electrons. The molecule has 34 heavy (non-hydrogen) atoms. The number of methoxy groups -OCH3 is 1. The molecular weight excluding hydrogens is 500 g/mol. The summed E-state index contributed by atoms with van der Waals surface area (Å²) in [5.41, 5.74) is 1.15. The molecule has 1 aromatic carbocycles. The van der Waals surface area contributed by atoms with Gasteiger partial charge in [-0.15, -0.1) is 11.3 Å². The lowest BCUT2D eigenvalue weighted by Gasteiger charge is -2.26. The van der Waals surface area contributed by atoms with E-state index in [1.165, 1.54) is 28.4 Å². The van der Waals surface area contributed by atoms with Crippen LogP contribution in [-0.2, 0) is 19.5 Å². The average Bonchev–Trinajstić information content (AvgIpc) is 3.13. The molecule has 0 spiro atoms. The molecule has 1 saturated heterocycles. The normalized spacial score (nSPS) is 14.4. The van der Waals surface area contributed by atoms with Crippen LogP contribution in [0, 0.1) is 6.92 Å². The molecule has 3 rings (SSSR count). The molecule has 0 aliphatic carbocycles. The van der Waals surface area contributed by atoms with Crippen molar-refractivity contribution < 1.29 is 27.5 Å². The lowest BCUT2D eigenvalue weighted by Crippen LogP contribution is -2.40. The predicted molar refractivity (Wildman–Crippen MR) is 134 cm³/mol. The monoisotopic (exact) mass is 526 g/mol. The van der Waals surface area contributed by atoms with E-state index in [4.69, 9.17) is 21.7 Å². The Morgan fingerprint density at radius 1 is 1.21 bits per heavy atom. The standard InChI is InChI=1S/C21H26N4O6S3/c1-13-16(20(27)30-4)18(33-17(13)19(26)24(2)3)23-21(32)22-14-6-5-7-15(12-14)34(28,29)25-8-10-31-11-9-25/h5-7,12H,8-11H2,1-4H3,(H2,22,23,32). The molecule has 0 bridgehead atoms. The third-order valence-electron chi connectivity index (χ3n) is 5.06. The third kappa shape index (κ3) is 5.55. The number of amides is 1. The number of esters is 1. The van der Waals surface area contributed by atoms with E-state index in [2.05, 4.69) is 10.6 Å². The van der Waals surface area contributed by atoms with E-state index in [1.54, 1.807) is 33.2 Å². The number of benzene rings is 1. The number of hydrogen-bond donors (Lipinski definition) is 2. The number of hydrogen-bond acceptors (Lipinski definition) is 8. The fourth-order valence-corrected chi connectivity index (χ4v) is 6.25. The van der Waals surface area contributed by atoms with Gasteiger partial charge in [0, 0.05) is 32.9 Å². The van der Waals surface area contributed by atoms with Crippen LogP contribution in [-0.4, -0.2) is 82.1 Å². The van der Waals surface area contributed by atoms with Crippen molar-refractivity contribution in [2.24, 2.45) is 0 Å². The summed E-state index contributed by atoms with van der Waals surface area (Å²) in [5.74, 6) is -0.851. The summed E-state index contributed by atoms with van der Waals surface area (Å²) in [6.45, 7) is 2.96. The van der Waals surface area contributed by atoms with E-state index >= 15 is 0 Å². The molecule has 1 aliphatic rings. The van der Waals surface area contributed by atoms with Crippen molar-refractivity contribution in [2.45, 2.75) is 11.8 Å². The zero-order valence-corrected chi connectivity index (χ0v) is 21.7. The molecule has 1 aromatic heterocycles. The second-order valence-corrected chi connectivity index (χ2v) is 10.9. The number of rotatable bonds is 6. The van der Waals surface area contributed by atoms with Crippen molar-refractivity contribution >= 4 is 61.3 Å². The van der Waals surface area contributed by atoms with Gasteiger partial charge in [0.1, 0.15) is 5.00 Å². The minimum Gasteiger partial charge on any atom is -0.465 e. The minimum absolute atomic E-state index is 0.121. The summed E-state index contributed by atoms with van der Waals surface area (Å²) in [7, 11) is 0.829. The van der Waals surface area contributed by atoms with Gasteiger partial charge in [-0.05, 0) is 42.9 Å². The summed E-state index contributed by atoms with van der Waals surface area (Å²) in [4.78, 5) is 26.8. The highest BCUT2D eigenvalue weighted by Crippen LogP contribution is 2.34. The van der Waals surface area contributed by atoms with Crippen LogP contribution in [0.2, 0.25) is 0 Å². The second kappa shape index (κ2) is 10.8. The maximum atomic E-state index is 12.9. The smallest absolute Gasteiger partial charge is 0.341 e. The van der Waals surface area contributed by atoms with E-state index < -0.39 is 16.0 Å². The van der Waals surface area contributed by atoms with Gasteiger partial charge in [-0.25, -0.2) is 13.2 Å². The van der Waals surface area contributed by atoms with Crippen LogP contribution in [0.15, 0.2) is 29.2 Å². The van der Waals surface area contributed by atoms with E-state index in [-0.39, 0.29) is 21.5 Å². The van der Waals surface area contributed by atoms with Gasteiger partial charge in [-0.2, -0.15) is 4.31 Å². The number of sulfonamides is 1. The van der Waals surface area contributed by atoms with Gasteiger partial charge in [-0.1, -0.05) is 6.07 Å². The fraction of sp³-hybridized carbons (Fsp3) is 0.381. The molecule has 1 aliphatic heterocycles. The van der Waals surface area contributed by atoms with Crippen LogP contribution in [0.25, 0.3) is 0 Å². The molecule has 0 radical (unpaired) electrons. The minimum atomic E-state index is -3.67. The van der Waals surface area contributed by atoms with Crippen LogP contribution in [0.3, 0.4) is 0 Å². The van der Waals surface area contributed by atoms with E-state index in [1.807, 2.05) is 0 Å². The van der Waals surface area contributed by atoms with Crippen LogP contribution < -0.4 is 10.6 Å². The fourth-order valence-electron chi connectivity index (χ4n) is 3.29. The van der Waals surface area contributed by atoms with Gasteiger partial charge in [0.2, 0.25) is 10.0 Å². The highest BCUT2D eigenvalue weighted by molar-refractivity contribution is 7.89. The number of morpholine rings is 1. The molecule has 13 heteroatoms. The molecule has 0 saturated carbocycles. The van der Waals surface area contributed by atoms with Crippen LogP contribution in [0.4, 0.5) is 10.7 Å². The molecule has 1 fully saturated rings. The number of nitrogens with one attached hydrogen (secondary N) is 2. The lowest BCUT2D eigenvalue weighted by atomic mass is 10.1. The van der Waals surface area contributed by atoms with Gasteiger partial charge in [0.05, 0.1) is 35.7 Å². The summed E-state index contributed by atoms with van der Waals surface area (Å²) in [6, 6.07) is 6.29. The second-order valence-electron chi connectivity index (χ2n) is 7.57. The zero-order valence-electron chi connectivity index (χ0n) is 19.2. The molecular formula is C21H26N4O6S3. The Kier molecular flexibility index (Phi) is 8.25. The molecule has 10 nitrogen and oxygen atoms in total. The maximum Gasteiger partial charge on any atom is 0.341 e. The Balaban J connectivity index is 1.82. The van der Waals surface area contributed by atoms with Crippen molar-refractivity contribution in [1.29, 1.82) is 0 Å². The van der Waals surface area contributed by atoms with Gasteiger partial charge in [-0.3, -0.25) is 4.79 Å². The SMILES string of the molecule is COC(=O)c1c(NC(=S)Nc2cccc(S(=O)(=O)N3CCOCC3)c2)sc(C(=O)N(C)C)c1C. The quantitative estimate of drug-likeness (QED) is 0.432. The van der Waals surface area contributed by atoms with Gasteiger partial charge >= 0.3 is 5.97 Å². The largest absolute Gasteiger partial charge is 0.465 e. The number of carbonyl (C=O) groups excluding carboxylic acids is 2. The Morgan fingerprint density at radius 3 is 2.50 bits per heavy atom. The van der Waals surface area contributed by atoms with E-state index in [0.29, 0.717) is 47.4 Å². The van der Waals surface area contributed by atoms with Crippen LogP contribution in [0.1, 0.15) is 25.6 Å². The van der Waals surface area contributed by atoms with Crippen LogP contribution >= 0.6 is 23.6 Å². The molecule has 0 unspecified atom stereocenters. The highest BCUT2D eigenvalue weighted by atomic mass is 32.2. The molecule has 2 heterocycles. The molecule has 1 amide bonds. The molecule has 2 aromatic rings. The Morgan fingerprint density at radius 2 is 1.88 bits per heavy atom. The van der Waals surface area contributed by atoms with Crippen molar-refractivity contribution in [1.82, 2.24) is 9.21 Å². The Bertz CT molecular complexity index is 1200. The third-order valence-corrected chi connectivity index (χ3v) is 8.36. The first-order chi connectivity index (χ1) is 16.1. The number of nitrogens with zero attached hydrogens (tertiary/aromatic N) is 2. The van der Waals surface area contributed by atoms with Gasteiger partial charge < -0.3 is 25.0 Å². The number of carbonyl (C=O) groups is 2. The van der Waals surface area contributed by atoms with E-state index in [9.17, 15) is 18.0 Å². The van der Waals surface area contributed by atoms with Crippen molar-refractivity contribution in [3.05, 3.63) is 40.3 Å². The van der Waals surface area contributed by atoms with Crippen molar-refractivity contribution in [3.63, 3.8) is 0 Å². The topological polar surface area (TPSA) is 117 Å². The van der Waals surface area contributed by atoms with Crippen LogP contribution in [0.5, 0.6) is 0 Å². The van der Waals surface area contributed by atoms with Crippen molar-refractivity contribution in [3.8, 4) is 0 Å². The highest BCUT2D eigenvalue weighted by Gasteiger charge is 2.28. The summed E-state index contributed by atoms with van der Waals surface area (Å²) >= 11 is 6.48. The van der Waals surface area contributed by atoms with E-state index in [0.717, 1.165) is 11.3 Å². The zero-order chi connectivity index (χ0) is 25.0. The molecule has 2 N–H and O–H groups in total. The van der Waals surface area contributed by atoms with Crippen molar-refractivity contribution in [2.75, 3.05) is 58.1 Å². The number of ether oxygens (including phenoxy) is 2. The lowest BCUT2D eigenvalue weighted by molar-refractivity contribution is 0.0601. The summed E-state index contributed by atoms with van der Waals surface area (Å²) in [5, 5.41) is 6.36. The summed E-state index contributed by atoms with van der Waals surface area (Å²) < 4.78 is 37.4. The number of anilines is 2. The number of thiocarbonyl (C=S) groups is 1. The Labute approximate surface area is 207 Å².